The summed E-state index contributed by atoms with van der Waals surface area (Å²) < 4.78 is 28.1. The standard InChI is InChI=1S/C18H24N2O2S/c1-5-20(6-2)17-9-7-8-15(4)18(17)19-23(21,22)16-12-10-14(3)11-13-16/h7-13,19H,5-6H2,1-4H3. The fourth-order valence-electron chi connectivity index (χ4n) is 2.52. The normalized spacial score (nSPS) is 11.3. The second kappa shape index (κ2) is 7.04. The zero-order valence-corrected chi connectivity index (χ0v) is 14.9. The molecule has 2 rings (SSSR count). The van der Waals surface area contributed by atoms with Crippen molar-refractivity contribution in [1.82, 2.24) is 0 Å². The van der Waals surface area contributed by atoms with E-state index in [-0.39, 0.29) is 4.90 Å². The molecule has 0 amide bonds. The van der Waals surface area contributed by atoms with Gasteiger partial charge >= 0.3 is 0 Å². The summed E-state index contributed by atoms with van der Waals surface area (Å²) in [5, 5.41) is 0. The Labute approximate surface area is 139 Å². The van der Waals surface area contributed by atoms with Gasteiger partial charge in [0.2, 0.25) is 0 Å². The van der Waals surface area contributed by atoms with Crippen molar-refractivity contribution in [3.8, 4) is 0 Å². The minimum atomic E-state index is -3.60. The number of aryl methyl sites for hydroxylation is 2. The Morgan fingerprint density at radius 3 is 2.13 bits per heavy atom. The van der Waals surface area contributed by atoms with Crippen molar-refractivity contribution in [3.05, 3.63) is 53.6 Å². The first kappa shape index (κ1) is 17.3. The van der Waals surface area contributed by atoms with Crippen molar-refractivity contribution in [3.63, 3.8) is 0 Å². The van der Waals surface area contributed by atoms with Crippen LogP contribution in [0.2, 0.25) is 0 Å². The molecule has 0 aliphatic heterocycles. The van der Waals surface area contributed by atoms with Crippen molar-refractivity contribution in [1.29, 1.82) is 0 Å². The lowest BCUT2D eigenvalue weighted by molar-refractivity contribution is 0.601. The van der Waals surface area contributed by atoms with Crippen LogP contribution in [-0.2, 0) is 10.0 Å². The highest BCUT2D eigenvalue weighted by molar-refractivity contribution is 7.92. The molecule has 23 heavy (non-hydrogen) atoms. The van der Waals surface area contributed by atoms with Gasteiger partial charge in [-0.3, -0.25) is 4.72 Å². The molecule has 0 aliphatic carbocycles. The third-order valence-electron chi connectivity index (χ3n) is 3.92. The van der Waals surface area contributed by atoms with Gasteiger partial charge in [-0.25, -0.2) is 8.42 Å². The van der Waals surface area contributed by atoms with E-state index in [1.807, 2.05) is 32.0 Å². The maximum Gasteiger partial charge on any atom is 0.261 e. The van der Waals surface area contributed by atoms with E-state index in [0.29, 0.717) is 5.69 Å². The number of para-hydroxylation sites is 1. The van der Waals surface area contributed by atoms with Gasteiger partial charge in [-0.05, 0) is 51.5 Å². The Morgan fingerprint density at radius 2 is 1.57 bits per heavy atom. The smallest absolute Gasteiger partial charge is 0.261 e. The molecule has 124 valence electrons. The Balaban J connectivity index is 2.45. The molecule has 0 heterocycles. The van der Waals surface area contributed by atoms with E-state index in [1.165, 1.54) is 0 Å². The highest BCUT2D eigenvalue weighted by Gasteiger charge is 2.19. The second-order valence-electron chi connectivity index (χ2n) is 5.56. The van der Waals surface area contributed by atoms with E-state index < -0.39 is 10.0 Å². The summed E-state index contributed by atoms with van der Waals surface area (Å²) in [5.41, 5.74) is 3.50. The van der Waals surface area contributed by atoms with Gasteiger partial charge in [0.1, 0.15) is 0 Å². The molecule has 0 aromatic heterocycles. The molecule has 0 radical (unpaired) electrons. The summed E-state index contributed by atoms with van der Waals surface area (Å²) in [6, 6.07) is 12.7. The topological polar surface area (TPSA) is 49.4 Å². The number of hydrogen-bond donors (Lipinski definition) is 1. The van der Waals surface area contributed by atoms with Crippen LogP contribution < -0.4 is 9.62 Å². The third kappa shape index (κ3) is 3.85. The van der Waals surface area contributed by atoms with Gasteiger partial charge in [0.25, 0.3) is 10.0 Å². The monoisotopic (exact) mass is 332 g/mol. The Morgan fingerprint density at radius 1 is 0.957 bits per heavy atom. The van der Waals surface area contributed by atoms with Gasteiger partial charge in [0.15, 0.2) is 0 Å². The van der Waals surface area contributed by atoms with E-state index in [4.69, 9.17) is 0 Å². The highest BCUT2D eigenvalue weighted by Crippen LogP contribution is 2.31. The van der Waals surface area contributed by atoms with Gasteiger partial charge in [-0.1, -0.05) is 29.8 Å². The number of anilines is 2. The molecule has 1 N–H and O–H groups in total. The first-order chi connectivity index (χ1) is 10.9. The lowest BCUT2D eigenvalue weighted by Crippen LogP contribution is -2.24. The average Bonchev–Trinajstić information content (AvgIpc) is 2.52. The van der Waals surface area contributed by atoms with Crippen LogP contribution in [0.25, 0.3) is 0 Å². The minimum absolute atomic E-state index is 0.275. The number of nitrogens with zero attached hydrogens (tertiary/aromatic N) is 1. The molecule has 0 atom stereocenters. The van der Waals surface area contributed by atoms with E-state index in [0.717, 1.165) is 29.9 Å². The van der Waals surface area contributed by atoms with E-state index >= 15 is 0 Å². The summed E-state index contributed by atoms with van der Waals surface area (Å²) in [6.07, 6.45) is 0. The van der Waals surface area contributed by atoms with Crippen LogP contribution in [0.5, 0.6) is 0 Å². The van der Waals surface area contributed by atoms with Crippen LogP contribution >= 0.6 is 0 Å². The predicted molar refractivity (Wildman–Crippen MR) is 96.7 cm³/mol. The van der Waals surface area contributed by atoms with Gasteiger partial charge < -0.3 is 4.90 Å². The van der Waals surface area contributed by atoms with Crippen LogP contribution in [-0.4, -0.2) is 21.5 Å². The predicted octanol–water partition coefficient (Wildman–Crippen LogP) is 3.95. The van der Waals surface area contributed by atoms with E-state index in [2.05, 4.69) is 23.5 Å². The molecule has 2 aromatic rings. The molecule has 0 spiro atoms. The van der Waals surface area contributed by atoms with Crippen molar-refractivity contribution in [2.24, 2.45) is 0 Å². The highest BCUT2D eigenvalue weighted by atomic mass is 32.2. The van der Waals surface area contributed by atoms with Crippen LogP contribution in [0.15, 0.2) is 47.4 Å². The molecular formula is C18H24N2O2S. The molecule has 0 fully saturated rings. The summed E-state index contributed by atoms with van der Waals surface area (Å²) >= 11 is 0. The fraction of sp³-hybridized carbons (Fsp3) is 0.333. The first-order valence-corrected chi connectivity index (χ1v) is 9.31. The second-order valence-corrected chi connectivity index (χ2v) is 7.24. The quantitative estimate of drug-likeness (QED) is 0.871. The molecular weight excluding hydrogens is 308 g/mol. The number of hydrogen-bond acceptors (Lipinski definition) is 3. The van der Waals surface area contributed by atoms with Crippen molar-refractivity contribution >= 4 is 21.4 Å². The molecule has 0 saturated carbocycles. The zero-order valence-electron chi connectivity index (χ0n) is 14.1. The van der Waals surface area contributed by atoms with Crippen molar-refractivity contribution in [2.75, 3.05) is 22.7 Å². The summed E-state index contributed by atoms with van der Waals surface area (Å²) in [7, 11) is -3.60. The Bertz CT molecular complexity index is 764. The maximum atomic E-state index is 12.7. The summed E-state index contributed by atoms with van der Waals surface area (Å²) in [4.78, 5) is 2.41. The lowest BCUT2D eigenvalue weighted by Gasteiger charge is -2.25. The molecule has 0 saturated heterocycles. The van der Waals surface area contributed by atoms with Crippen LogP contribution in [0.4, 0.5) is 11.4 Å². The number of benzene rings is 2. The molecule has 0 bridgehead atoms. The minimum Gasteiger partial charge on any atom is -0.370 e. The molecule has 4 nitrogen and oxygen atoms in total. The number of nitrogens with one attached hydrogen (secondary N) is 1. The maximum absolute atomic E-state index is 12.7. The summed E-state index contributed by atoms with van der Waals surface area (Å²) in [6.45, 7) is 9.61. The molecule has 2 aromatic carbocycles. The van der Waals surface area contributed by atoms with E-state index in [9.17, 15) is 8.42 Å². The van der Waals surface area contributed by atoms with Gasteiger partial charge in [-0.2, -0.15) is 0 Å². The largest absolute Gasteiger partial charge is 0.370 e. The molecule has 0 unspecified atom stereocenters. The number of rotatable bonds is 6. The van der Waals surface area contributed by atoms with Crippen molar-refractivity contribution < 1.29 is 8.42 Å². The Kier molecular flexibility index (Phi) is 5.31. The molecule has 0 aliphatic rings. The number of sulfonamides is 1. The lowest BCUT2D eigenvalue weighted by atomic mass is 10.1. The summed E-state index contributed by atoms with van der Waals surface area (Å²) in [5.74, 6) is 0. The fourth-order valence-corrected chi connectivity index (χ4v) is 3.67. The molecule has 5 heteroatoms. The third-order valence-corrected chi connectivity index (χ3v) is 5.29. The van der Waals surface area contributed by atoms with Gasteiger partial charge in [0.05, 0.1) is 16.3 Å². The van der Waals surface area contributed by atoms with Crippen LogP contribution in [0.3, 0.4) is 0 Å². The van der Waals surface area contributed by atoms with Crippen LogP contribution in [0, 0.1) is 13.8 Å². The SMILES string of the molecule is CCN(CC)c1cccc(C)c1NS(=O)(=O)c1ccc(C)cc1. The van der Waals surface area contributed by atoms with Crippen LogP contribution in [0.1, 0.15) is 25.0 Å². The van der Waals surface area contributed by atoms with Gasteiger partial charge in [0, 0.05) is 13.1 Å². The first-order valence-electron chi connectivity index (χ1n) is 7.83. The van der Waals surface area contributed by atoms with E-state index in [1.54, 1.807) is 24.3 Å². The van der Waals surface area contributed by atoms with Gasteiger partial charge in [-0.15, -0.1) is 0 Å². The Hall–Kier alpha value is -2.01. The van der Waals surface area contributed by atoms with Crippen molar-refractivity contribution in [2.45, 2.75) is 32.6 Å². The average molecular weight is 332 g/mol. The zero-order chi connectivity index (χ0) is 17.0.